The summed E-state index contributed by atoms with van der Waals surface area (Å²) < 4.78 is 26.5. The number of H-pyrrole nitrogens is 1. The van der Waals surface area contributed by atoms with Crippen LogP contribution in [0.5, 0.6) is 0 Å². The van der Waals surface area contributed by atoms with Gasteiger partial charge in [-0.05, 0) is 24.9 Å². The van der Waals surface area contributed by atoms with Crippen molar-refractivity contribution >= 4 is 27.8 Å². The van der Waals surface area contributed by atoms with Crippen LogP contribution in [0.15, 0.2) is 4.90 Å². The molecule has 0 aliphatic heterocycles. The van der Waals surface area contributed by atoms with E-state index in [2.05, 4.69) is 14.9 Å². The number of sulfonamides is 1. The van der Waals surface area contributed by atoms with Crippen LogP contribution in [0.1, 0.15) is 29.5 Å². The molecule has 0 saturated carbocycles. The molecular formula is C10H17N3O4S2. The first-order chi connectivity index (χ1) is 8.90. The average molecular weight is 307 g/mol. The van der Waals surface area contributed by atoms with Gasteiger partial charge in [0.25, 0.3) is 0 Å². The topological polar surface area (TPSA) is 112 Å². The Morgan fingerprint density at radius 3 is 2.79 bits per heavy atom. The van der Waals surface area contributed by atoms with Gasteiger partial charge in [-0.15, -0.1) is 0 Å². The zero-order valence-electron chi connectivity index (χ0n) is 10.8. The van der Waals surface area contributed by atoms with Crippen LogP contribution in [0.25, 0.3) is 0 Å². The van der Waals surface area contributed by atoms with Crippen LogP contribution in [-0.4, -0.2) is 47.7 Å². The molecule has 0 fully saturated rings. The summed E-state index contributed by atoms with van der Waals surface area (Å²) >= 11 is 1.72. The summed E-state index contributed by atoms with van der Waals surface area (Å²) in [4.78, 5) is 10.6. The third-order valence-corrected chi connectivity index (χ3v) is 4.93. The number of rotatable bonds is 8. The highest BCUT2D eigenvalue weighted by Crippen LogP contribution is 2.17. The number of hydrogen-bond acceptors (Lipinski definition) is 5. The van der Waals surface area contributed by atoms with Gasteiger partial charge in [-0.1, -0.05) is 6.92 Å². The van der Waals surface area contributed by atoms with E-state index in [-0.39, 0.29) is 17.1 Å². The van der Waals surface area contributed by atoms with E-state index >= 15 is 0 Å². The molecule has 19 heavy (non-hydrogen) atoms. The molecule has 0 aliphatic rings. The molecule has 1 aromatic rings. The molecule has 0 atom stereocenters. The number of aromatic nitrogens is 2. The molecule has 7 nitrogen and oxygen atoms in total. The molecule has 1 heterocycles. The van der Waals surface area contributed by atoms with Crippen LogP contribution in [0.2, 0.25) is 0 Å². The Kier molecular flexibility index (Phi) is 5.83. The van der Waals surface area contributed by atoms with Gasteiger partial charge in [0.2, 0.25) is 10.0 Å². The number of aromatic carboxylic acids is 1. The maximum atomic E-state index is 12.0. The zero-order valence-corrected chi connectivity index (χ0v) is 12.4. The van der Waals surface area contributed by atoms with Gasteiger partial charge in [-0.2, -0.15) is 16.9 Å². The SMILES string of the molecule is CCSCCCNS(=O)(=O)c1c(C(=O)O)n[nH]c1C. The smallest absolute Gasteiger partial charge is 0.357 e. The molecule has 0 aliphatic carbocycles. The first kappa shape index (κ1) is 16.0. The minimum absolute atomic E-state index is 0.216. The van der Waals surface area contributed by atoms with Crippen LogP contribution in [-0.2, 0) is 10.0 Å². The third kappa shape index (κ3) is 4.22. The fourth-order valence-electron chi connectivity index (χ4n) is 1.49. The molecule has 0 amide bonds. The summed E-state index contributed by atoms with van der Waals surface area (Å²) in [7, 11) is -3.84. The Hall–Kier alpha value is -1.06. The zero-order chi connectivity index (χ0) is 14.5. The van der Waals surface area contributed by atoms with Crippen molar-refractivity contribution in [2.24, 2.45) is 0 Å². The normalized spacial score (nSPS) is 11.7. The van der Waals surface area contributed by atoms with Crippen LogP contribution in [0.4, 0.5) is 0 Å². The fraction of sp³-hybridized carbons (Fsp3) is 0.600. The van der Waals surface area contributed by atoms with Crippen molar-refractivity contribution in [2.45, 2.75) is 25.2 Å². The second-order valence-corrected chi connectivity index (χ2v) is 6.88. The Labute approximate surface area is 116 Å². The lowest BCUT2D eigenvalue weighted by Crippen LogP contribution is -2.27. The lowest BCUT2D eigenvalue weighted by atomic mass is 10.4. The Bertz CT molecular complexity index is 539. The number of hydrogen-bond donors (Lipinski definition) is 3. The number of aryl methyl sites for hydroxylation is 1. The number of nitrogens with one attached hydrogen (secondary N) is 2. The quantitative estimate of drug-likeness (QED) is 0.613. The number of carboxylic acids is 1. The molecule has 9 heteroatoms. The molecule has 1 rings (SSSR count). The molecule has 0 radical (unpaired) electrons. The summed E-state index contributed by atoms with van der Waals surface area (Å²) in [5.74, 6) is 0.470. The number of carboxylic acid groups (broad SMARTS) is 1. The summed E-state index contributed by atoms with van der Waals surface area (Å²) in [6, 6.07) is 0. The molecule has 0 aromatic carbocycles. The van der Waals surface area contributed by atoms with Gasteiger partial charge < -0.3 is 5.11 Å². The number of aromatic amines is 1. The summed E-state index contributed by atoms with van der Waals surface area (Å²) in [5.41, 5.74) is -0.263. The van der Waals surface area contributed by atoms with Crippen LogP contribution >= 0.6 is 11.8 Å². The predicted octanol–water partition coefficient (Wildman–Crippen LogP) is 0.838. The maximum Gasteiger partial charge on any atom is 0.357 e. The number of thioether (sulfide) groups is 1. The van der Waals surface area contributed by atoms with Gasteiger partial charge >= 0.3 is 5.97 Å². The first-order valence-corrected chi connectivity index (χ1v) is 8.39. The van der Waals surface area contributed by atoms with Crippen LogP contribution < -0.4 is 4.72 Å². The fourth-order valence-corrected chi connectivity index (χ4v) is 3.52. The van der Waals surface area contributed by atoms with Gasteiger partial charge in [0.15, 0.2) is 5.69 Å². The highest BCUT2D eigenvalue weighted by molar-refractivity contribution is 7.99. The minimum atomic E-state index is -3.84. The van der Waals surface area contributed by atoms with Gasteiger partial charge in [0.05, 0.1) is 5.69 Å². The van der Waals surface area contributed by atoms with Crippen molar-refractivity contribution in [3.05, 3.63) is 11.4 Å². The lowest BCUT2D eigenvalue weighted by molar-refractivity contribution is 0.0686. The molecule has 108 valence electrons. The van der Waals surface area contributed by atoms with Crippen molar-refractivity contribution in [1.82, 2.24) is 14.9 Å². The van der Waals surface area contributed by atoms with Crippen molar-refractivity contribution in [3.63, 3.8) is 0 Å². The van der Waals surface area contributed by atoms with E-state index in [0.29, 0.717) is 6.42 Å². The summed E-state index contributed by atoms with van der Waals surface area (Å²) in [6.07, 6.45) is 0.692. The van der Waals surface area contributed by atoms with E-state index in [1.165, 1.54) is 6.92 Å². The number of nitrogens with zero attached hydrogens (tertiary/aromatic N) is 1. The van der Waals surface area contributed by atoms with Crippen molar-refractivity contribution in [2.75, 3.05) is 18.1 Å². The van der Waals surface area contributed by atoms with E-state index in [1.807, 2.05) is 6.92 Å². The van der Waals surface area contributed by atoms with Gasteiger partial charge in [-0.3, -0.25) is 5.10 Å². The van der Waals surface area contributed by atoms with Crippen LogP contribution in [0.3, 0.4) is 0 Å². The Balaban J connectivity index is 2.77. The second-order valence-electron chi connectivity index (χ2n) is 3.78. The minimum Gasteiger partial charge on any atom is -0.476 e. The van der Waals surface area contributed by atoms with Crippen molar-refractivity contribution in [3.8, 4) is 0 Å². The van der Waals surface area contributed by atoms with E-state index in [1.54, 1.807) is 11.8 Å². The van der Waals surface area contributed by atoms with E-state index < -0.39 is 21.7 Å². The van der Waals surface area contributed by atoms with Gasteiger partial charge in [-0.25, -0.2) is 17.9 Å². The standard InChI is InChI=1S/C10H17N3O4S2/c1-3-18-6-4-5-11-19(16,17)9-7(2)12-13-8(9)10(14)15/h11H,3-6H2,1-2H3,(H,12,13)(H,14,15). The molecule has 0 bridgehead atoms. The molecule has 1 aromatic heterocycles. The Morgan fingerprint density at radius 2 is 2.21 bits per heavy atom. The molecule has 0 spiro atoms. The van der Waals surface area contributed by atoms with E-state index in [0.717, 1.165) is 11.5 Å². The predicted molar refractivity (Wildman–Crippen MR) is 73.1 cm³/mol. The lowest BCUT2D eigenvalue weighted by Gasteiger charge is -2.06. The molecule has 3 N–H and O–H groups in total. The van der Waals surface area contributed by atoms with Crippen molar-refractivity contribution in [1.29, 1.82) is 0 Å². The molecule has 0 unspecified atom stereocenters. The number of carbonyl (C=O) groups is 1. The Morgan fingerprint density at radius 1 is 1.53 bits per heavy atom. The van der Waals surface area contributed by atoms with E-state index in [9.17, 15) is 13.2 Å². The summed E-state index contributed by atoms with van der Waals surface area (Å²) in [6.45, 7) is 3.78. The van der Waals surface area contributed by atoms with Crippen molar-refractivity contribution < 1.29 is 18.3 Å². The van der Waals surface area contributed by atoms with Gasteiger partial charge in [0.1, 0.15) is 4.90 Å². The van der Waals surface area contributed by atoms with Gasteiger partial charge in [0, 0.05) is 6.54 Å². The van der Waals surface area contributed by atoms with E-state index in [4.69, 9.17) is 5.11 Å². The average Bonchev–Trinajstić information content (AvgIpc) is 2.71. The molecule has 0 saturated heterocycles. The second kappa shape index (κ2) is 6.92. The largest absolute Gasteiger partial charge is 0.476 e. The maximum absolute atomic E-state index is 12.0. The highest BCUT2D eigenvalue weighted by atomic mass is 32.2. The highest BCUT2D eigenvalue weighted by Gasteiger charge is 2.27. The van der Waals surface area contributed by atoms with Crippen LogP contribution in [0, 0.1) is 6.92 Å². The monoisotopic (exact) mass is 307 g/mol. The summed E-state index contributed by atoms with van der Waals surface area (Å²) in [5, 5.41) is 14.8. The first-order valence-electron chi connectivity index (χ1n) is 5.75. The molecular weight excluding hydrogens is 290 g/mol. The third-order valence-electron chi connectivity index (χ3n) is 2.32.